The highest BCUT2D eigenvalue weighted by Crippen LogP contribution is 2.12. The summed E-state index contributed by atoms with van der Waals surface area (Å²) in [5.74, 6) is 0.765. The smallest absolute Gasteiger partial charge is 0.244 e. The van der Waals surface area contributed by atoms with E-state index in [1.807, 2.05) is 47.3 Å². The van der Waals surface area contributed by atoms with E-state index in [9.17, 15) is 0 Å². The molecule has 0 spiro atoms. The summed E-state index contributed by atoms with van der Waals surface area (Å²) < 4.78 is 1.99. The van der Waals surface area contributed by atoms with E-state index in [0.29, 0.717) is 0 Å². The summed E-state index contributed by atoms with van der Waals surface area (Å²) in [6.07, 6.45) is 3.79. The van der Waals surface area contributed by atoms with Gasteiger partial charge in [-0.05, 0) is 19.1 Å². The third-order valence-electron chi connectivity index (χ3n) is 2.10. The minimum atomic E-state index is 0.765. The van der Waals surface area contributed by atoms with E-state index in [0.717, 1.165) is 18.2 Å². The van der Waals surface area contributed by atoms with Crippen molar-refractivity contribution in [2.75, 3.05) is 0 Å². The van der Waals surface area contributed by atoms with Crippen LogP contribution < -0.4 is 4.57 Å². The van der Waals surface area contributed by atoms with Crippen LogP contribution in [0.5, 0.6) is 0 Å². The number of benzene rings is 1. The molecule has 0 aliphatic heterocycles. The maximum atomic E-state index is 4.14. The Bertz CT molecular complexity index is 445. The normalized spacial score (nSPS) is 11.0. The van der Waals surface area contributed by atoms with Gasteiger partial charge in [-0.15, -0.1) is 0 Å². The van der Waals surface area contributed by atoms with Crippen molar-refractivity contribution in [2.45, 2.75) is 13.5 Å². The number of nitrogens with one attached hydrogen (secondary N) is 1. The van der Waals surface area contributed by atoms with Gasteiger partial charge in [-0.25, -0.2) is 9.55 Å². The minimum absolute atomic E-state index is 0.765. The molecule has 1 N–H and O–H groups in total. The molecule has 0 bridgehead atoms. The lowest BCUT2D eigenvalue weighted by atomic mass is 10.3. The Hall–Kier alpha value is -1.97. The molecule has 0 aliphatic rings. The molecule has 0 amide bonds. The van der Waals surface area contributed by atoms with Gasteiger partial charge in [0.05, 0.1) is 18.9 Å². The first-order valence-electron chi connectivity index (χ1n) is 4.94. The van der Waals surface area contributed by atoms with Crippen LogP contribution >= 0.6 is 0 Å². The van der Waals surface area contributed by atoms with E-state index < -0.39 is 0 Å². The van der Waals surface area contributed by atoms with E-state index >= 15 is 0 Å². The fourth-order valence-corrected chi connectivity index (χ4v) is 1.30. The highest BCUT2D eigenvalue weighted by molar-refractivity contribution is 5.35. The van der Waals surface area contributed by atoms with Crippen LogP contribution in [0.15, 0.2) is 53.0 Å². The van der Waals surface area contributed by atoms with E-state index in [1.165, 1.54) is 0 Å². The van der Waals surface area contributed by atoms with Crippen LogP contribution in [0, 0.1) is 0 Å². The SMILES string of the molecule is CC[n+]1cc[nH]c1N=Nc1ccccc1. The summed E-state index contributed by atoms with van der Waals surface area (Å²) in [5, 5.41) is 8.27. The molecule has 0 radical (unpaired) electrons. The quantitative estimate of drug-likeness (QED) is 0.586. The molecule has 0 saturated carbocycles. The van der Waals surface area contributed by atoms with Crippen molar-refractivity contribution in [2.24, 2.45) is 10.2 Å². The number of hydrogen-bond acceptors (Lipinski definition) is 2. The molecule has 1 heterocycles. The lowest BCUT2D eigenvalue weighted by Crippen LogP contribution is -2.29. The number of hydrogen-bond donors (Lipinski definition) is 1. The first-order chi connectivity index (χ1) is 7.40. The Labute approximate surface area is 88.3 Å². The molecule has 0 saturated heterocycles. The van der Waals surface area contributed by atoms with Crippen molar-refractivity contribution in [1.82, 2.24) is 4.98 Å². The highest BCUT2D eigenvalue weighted by Gasteiger charge is 2.06. The summed E-state index contributed by atoms with van der Waals surface area (Å²) in [6, 6.07) is 9.68. The molecule has 76 valence electrons. The van der Waals surface area contributed by atoms with Gasteiger partial charge in [-0.1, -0.05) is 23.3 Å². The van der Waals surface area contributed by atoms with Gasteiger partial charge in [0.15, 0.2) is 0 Å². The second kappa shape index (κ2) is 4.50. The van der Waals surface area contributed by atoms with E-state index in [1.54, 1.807) is 0 Å². The standard InChI is InChI=1S/C11H12N4/c1-2-15-9-8-12-11(15)14-13-10-6-4-3-5-7-10/h3-9H,2H2,1H3/p+1. The molecular formula is C11H13N4+. The zero-order valence-corrected chi connectivity index (χ0v) is 8.59. The Balaban J connectivity index is 2.19. The van der Waals surface area contributed by atoms with Gasteiger partial charge in [0, 0.05) is 5.11 Å². The Morgan fingerprint density at radius 3 is 2.73 bits per heavy atom. The summed E-state index contributed by atoms with van der Waals surface area (Å²) in [5.41, 5.74) is 0.856. The van der Waals surface area contributed by atoms with Crippen molar-refractivity contribution in [1.29, 1.82) is 0 Å². The van der Waals surface area contributed by atoms with Crippen molar-refractivity contribution in [3.8, 4) is 0 Å². The van der Waals surface area contributed by atoms with Gasteiger partial charge in [-0.2, -0.15) is 0 Å². The predicted octanol–water partition coefficient (Wildman–Crippen LogP) is 2.74. The van der Waals surface area contributed by atoms with Crippen LogP contribution in [0.3, 0.4) is 0 Å². The number of nitrogens with zero attached hydrogens (tertiary/aromatic N) is 3. The van der Waals surface area contributed by atoms with Gasteiger partial charge in [0.2, 0.25) is 0 Å². The molecule has 2 aromatic rings. The molecule has 0 atom stereocenters. The number of aromatic amines is 1. The van der Waals surface area contributed by atoms with Crippen molar-refractivity contribution >= 4 is 11.6 Å². The zero-order chi connectivity index (χ0) is 10.5. The molecule has 0 aliphatic carbocycles. The third kappa shape index (κ3) is 2.28. The molecule has 1 aromatic heterocycles. The number of aromatic nitrogens is 2. The Morgan fingerprint density at radius 2 is 2.00 bits per heavy atom. The molecule has 1 aromatic carbocycles. The molecule has 2 rings (SSSR count). The average Bonchev–Trinajstić information content (AvgIpc) is 2.75. The summed E-state index contributed by atoms with van der Waals surface area (Å²) >= 11 is 0. The second-order valence-corrected chi connectivity index (χ2v) is 3.11. The molecule has 4 heteroatoms. The summed E-state index contributed by atoms with van der Waals surface area (Å²) in [7, 11) is 0. The van der Waals surface area contributed by atoms with E-state index in [4.69, 9.17) is 0 Å². The first-order valence-corrected chi connectivity index (χ1v) is 4.94. The maximum absolute atomic E-state index is 4.14. The van der Waals surface area contributed by atoms with Gasteiger partial charge >= 0.3 is 5.95 Å². The van der Waals surface area contributed by atoms with Crippen LogP contribution in [0.2, 0.25) is 0 Å². The summed E-state index contributed by atoms with van der Waals surface area (Å²) in [6.45, 7) is 2.95. The Morgan fingerprint density at radius 1 is 1.20 bits per heavy atom. The van der Waals surface area contributed by atoms with Crippen LogP contribution in [0.25, 0.3) is 0 Å². The molecular weight excluding hydrogens is 188 g/mol. The zero-order valence-electron chi connectivity index (χ0n) is 8.59. The van der Waals surface area contributed by atoms with Gasteiger partial charge < -0.3 is 0 Å². The topological polar surface area (TPSA) is 44.4 Å². The number of H-pyrrole nitrogens is 1. The summed E-state index contributed by atoms with van der Waals surface area (Å²) in [4.78, 5) is 3.03. The Kier molecular flexibility index (Phi) is 2.88. The van der Waals surface area contributed by atoms with Crippen LogP contribution in [-0.2, 0) is 6.54 Å². The van der Waals surface area contributed by atoms with Crippen molar-refractivity contribution in [3.05, 3.63) is 42.7 Å². The van der Waals surface area contributed by atoms with Crippen LogP contribution in [0.1, 0.15) is 6.92 Å². The van der Waals surface area contributed by atoms with Crippen molar-refractivity contribution in [3.63, 3.8) is 0 Å². The number of azo groups is 1. The van der Waals surface area contributed by atoms with Gasteiger partial charge in [0.25, 0.3) is 0 Å². The van der Waals surface area contributed by atoms with Crippen molar-refractivity contribution < 1.29 is 4.57 Å². The van der Waals surface area contributed by atoms with Crippen LogP contribution in [-0.4, -0.2) is 4.98 Å². The molecule has 0 unspecified atom stereocenters. The largest absolute Gasteiger partial charge is 0.419 e. The molecule has 0 fully saturated rings. The highest BCUT2D eigenvalue weighted by atomic mass is 15.3. The maximum Gasteiger partial charge on any atom is 0.419 e. The van der Waals surface area contributed by atoms with Gasteiger partial charge in [-0.3, -0.25) is 0 Å². The second-order valence-electron chi connectivity index (χ2n) is 3.11. The fourth-order valence-electron chi connectivity index (χ4n) is 1.30. The fraction of sp³-hybridized carbons (Fsp3) is 0.182. The van der Waals surface area contributed by atoms with Gasteiger partial charge in [0.1, 0.15) is 5.69 Å². The minimum Gasteiger partial charge on any atom is -0.244 e. The average molecular weight is 201 g/mol. The monoisotopic (exact) mass is 201 g/mol. The predicted molar refractivity (Wildman–Crippen MR) is 57.3 cm³/mol. The number of imidazole rings is 1. The lowest BCUT2D eigenvalue weighted by Gasteiger charge is -1.88. The van der Waals surface area contributed by atoms with Crippen LogP contribution in [0.4, 0.5) is 11.6 Å². The number of rotatable bonds is 3. The first kappa shape index (κ1) is 9.58. The van der Waals surface area contributed by atoms with E-state index in [2.05, 4.69) is 22.1 Å². The van der Waals surface area contributed by atoms with E-state index in [-0.39, 0.29) is 0 Å². The lowest BCUT2D eigenvalue weighted by molar-refractivity contribution is -0.679. The number of aryl methyl sites for hydroxylation is 1. The molecule has 4 nitrogen and oxygen atoms in total. The molecule has 15 heavy (non-hydrogen) atoms. The third-order valence-corrected chi connectivity index (χ3v) is 2.10.